The minimum absolute atomic E-state index is 0.0491. The third kappa shape index (κ3) is 3.71. The number of allylic oxidation sites excluding steroid dienone is 1. The van der Waals surface area contributed by atoms with Crippen LogP contribution in [0, 0.1) is 0 Å². The molecule has 1 aromatic heterocycles. The summed E-state index contributed by atoms with van der Waals surface area (Å²) in [6, 6.07) is 7.63. The molecule has 0 saturated heterocycles. The summed E-state index contributed by atoms with van der Waals surface area (Å²) in [6.07, 6.45) is 4.86. The third-order valence-corrected chi connectivity index (χ3v) is 4.31. The van der Waals surface area contributed by atoms with Crippen molar-refractivity contribution in [2.75, 3.05) is 11.9 Å². The van der Waals surface area contributed by atoms with E-state index in [0.717, 1.165) is 10.6 Å². The third-order valence-electron chi connectivity index (χ3n) is 3.31. The van der Waals surface area contributed by atoms with Gasteiger partial charge in [-0.3, -0.25) is 10.1 Å². The molecular weight excluding hydrogens is 298 g/mol. The van der Waals surface area contributed by atoms with E-state index in [-0.39, 0.29) is 12.5 Å². The van der Waals surface area contributed by atoms with Crippen LogP contribution in [-0.4, -0.2) is 22.7 Å². The first-order valence-corrected chi connectivity index (χ1v) is 8.03. The highest BCUT2D eigenvalue weighted by molar-refractivity contribution is 7.15. The van der Waals surface area contributed by atoms with E-state index in [1.54, 1.807) is 0 Å². The van der Waals surface area contributed by atoms with Gasteiger partial charge in [0.2, 0.25) is 5.13 Å². The lowest BCUT2D eigenvalue weighted by molar-refractivity contribution is -0.118. The molecule has 0 atom stereocenters. The fourth-order valence-electron chi connectivity index (χ4n) is 2.05. The second-order valence-electron chi connectivity index (χ2n) is 5.16. The molecule has 0 unspecified atom stereocenters. The zero-order chi connectivity index (χ0) is 15.4. The average molecular weight is 315 g/mol. The second-order valence-corrected chi connectivity index (χ2v) is 6.17. The predicted molar refractivity (Wildman–Crippen MR) is 86.4 cm³/mol. The van der Waals surface area contributed by atoms with Crippen molar-refractivity contribution in [1.82, 2.24) is 10.2 Å². The summed E-state index contributed by atoms with van der Waals surface area (Å²) in [6.45, 7) is 3.67. The second kappa shape index (κ2) is 6.70. The highest BCUT2D eigenvalue weighted by Gasteiger charge is 2.27. The molecule has 0 bridgehead atoms. The Morgan fingerprint density at radius 2 is 2.23 bits per heavy atom. The summed E-state index contributed by atoms with van der Waals surface area (Å²) in [4.78, 5) is 11.9. The minimum Gasteiger partial charge on any atom is -0.483 e. The summed E-state index contributed by atoms with van der Waals surface area (Å²) in [5.41, 5.74) is 1.01. The number of para-hydroxylation sites is 1. The molecule has 1 N–H and O–H groups in total. The fourth-order valence-corrected chi connectivity index (χ4v) is 2.98. The molecule has 5 nitrogen and oxygen atoms in total. The van der Waals surface area contributed by atoms with Gasteiger partial charge in [-0.15, -0.1) is 16.8 Å². The van der Waals surface area contributed by atoms with Crippen LogP contribution in [0.1, 0.15) is 29.3 Å². The standard InChI is InChI=1S/C16H17N3O2S/c1-2-5-11-6-3-4-7-13(11)21-10-14(20)17-16-19-18-15(22-16)12-8-9-12/h2-4,6-7,12H,1,5,8-10H2,(H,17,19,20). The van der Waals surface area contributed by atoms with E-state index in [1.165, 1.54) is 24.2 Å². The summed E-state index contributed by atoms with van der Waals surface area (Å²) in [7, 11) is 0. The number of hydrogen-bond donors (Lipinski definition) is 1. The van der Waals surface area contributed by atoms with E-state index < -0.39 is 0 Å². The first kappa shape index (κ1) is 14.7. The quantitative estimate of drug-likeness (QED) is 0.797. The van der Waals surface area contributed by atoms with Crippen molar-refractivity contribution in [2.24, 2.45) is 0 Å². The largest absolute Gasteiger partial charge is 0.483 e. The molecule has 6 heteroatoms. The zero-order valence-corrected chi connectivity index (χ0v) is 12.9. The molecule has 1 amide bonds. The van der Waals surface area contributed by atoms with E-state index in [0.29, 0.717) is 23.2 Å². The Kier molecular flexibility index (Phi) is 4.48. The van der Waals surface area contributed by atoms with Gasteiger partial charge in [-0.1, -0.05) is 35.6 Å². The molecule has 1 aromatic carbocycles. The Morgan fingerprint density at radius 1 is 1.41 bits per heavy atom. The lowest BCUT2D eigenvalue weighted by Gasteiger charge is -2.09. The maximum absolute atomic E-state index is 11.9. The van der Waals surface area contributed by atoms with E-state index in [2.05, 4.69) is 22.1 Å². The summed E-state index contributed by atoms with van der Waals surface area (Å²) < 4.78 is 5.59. The number of nitrogens with one attached hydrogen (secondary N) is 1. The number of carbonyl (C=O) groups excluding carboxylic acids is 1. The fraction of sp³-hybridized carbons (Fsp3) is 0.312. The summed E-state index contributed by atoms with van der Waals surface area (Å²) >= 11 is 1.44. The Morgan fingerprint density at radius 3 is 3.00 bits per heavy atom. The number of nitrogens with zero attached hydrogens (tertiary/aromatic N) is 2. The number of rotatable bonds is 7. The van der Waals surface area contributed by atoms with Crippen molar-refractivity contribution in [3.63, 3.8) is 0 Å². The normalized spacial score (nSPS) is 13.6. The average Bonchev–Trinajstić information content (AvgIpc) is 3.27. The molecule has 2 aromatic rings. The van der Waals surface area contributed by atoms with Crippen LogP contribution in [0.15, 0.2) is 36.9 Å². The van der Waals surface area contributed by atoms with E-state index >= 15 is 0 Å². The zero-order valence-electron chi connectivity index (χ0n) is 12.1. The Labute approximate surface area is 133 Å². The van der Waals surface area contributed by atoms with Gasteiger partial charge in [-0.25, -0.2) is 0 Å². The maximum Gasteiger partial charge on any atom is 0.264 e. The van der Waals surface area contributed by atoms with Gasteiger partial charge in [0.1, 0.15) is 10.8 Å². The van der Waals surface area contributed by atoms with Crippen LogP contribution in [0.25, 0.3) is 0 Å². The Balaban J connectivity index is 1.54. The first-order valence-electron chi connectivity index (χ1n) is 7.21. The highest BCUT2D eigenvalue weighted by atomic mass is 32.1. The van der Waals surface area contributed by atoms with Gasteiger partial charge in [-0.05, 0) is 30.9 Å². The van der Waals surface area contributed by atoms with Crippen LogP contribution in [-0.2, 0) is 11.2 Å². The lowest BCUT2D eigenvalue weighted by Crippen LogP contribution is -2.20. The van der Waals surface area contributed by atoms with Crippen LogP contribution < -0.4 is 10.1 Å². The van der Waals surface area contributed by atoms with Crippen molar-refractivity contribution < 1.29 is 9.53 Å². The molecule has 1 heterocycles. The number of ether oxygens (including phenoxy) is 1. The van der Waals surface area contributed by atoms with Gasteiger partial charge in [0.25, 0.3) is 5.91 Å². The summed E-state index contributed by atoms with van der Waals surface area (Å²) in [5.74, 6) is 1.02. The molecule has 0 aliphatic heterocycles. The van der Waals surface area contributed by atoms with Gasteiger partial charge >= 0.3 is 0 Å². The topological polar surface area (TPSA) is 64.1 Å². The molecule has 1 aliphatic rings. The SMILES string of the molecule is C=CCc1ccccc1OCC(=O)Nc1nnc(C2CC2)s1. The van der Waals surface area contributed by atoms with E-state index in [4.69, 9.17) is 4.74 Å². The Bertz CT molecular complexity index is 680. The molecule has 1 fully saturated rings. The number of anilines is 1. The first-order chi connectivity index (χ1) is 10.8. The number of carbonyl (C=O) groups is 1. The maximum atomic E-state index is 11.9. The smallest absolute Gasteiger partial charge is 0.264 e. The van der Waals surface area contributed by atoms with Gasteiger partial charge in [0.15, 0.2) is 6.61 Å². The monoisotopic (exact) mass is 315 g/mol. The molecule has 3 rings (SSSR count). The van der Waals surface area contributed by atoms with Crippen molar-refractivity contribution in [3.8, 4) is 5.75 Å². The van der Waals surface area contributed by atoms with Crippen LogP contribution in [0.3, 0.4) is 0 Å². The van der Waals surface area contributed by atoms with Crippen LogP contribution in [0.2, 0.25) is 0 Å². The number of aromatic nitrogens is 2. The predicted octanol–water partition coefficient (Wildman–Crippen LogP) is 3.16. The molecule has 114 valence electrons. The molecule has 0 spiro atoms. The van der Waals surface area contributed by atoms with Crippen LogP contribution >= 0.6 is 11.3 Å². The van der Waals surface area contributed by atoms with E-state index in [1.807, 2.05) is 30.3 Å². The molecule has 22 heavy (non-hydrogen) atoms. The van der Waals surface area contributed by atoms with Gasteiger partial charge in [-0.2, -0.15) is 0 Å². The number of hydrogen-bond acceptors (Lipinski definition) is 5. The van der Waals surface area contributed by atoms with Crippen molar-refractivity contribution in [2.45, 2.75) is 25.2 Å². The summed E-state index contributed by atoms with van der Waals surface area (Å²) in [5, 5.41) is 12.3. The highest BCUT2D eigenvalue weighted by Crippen LogP contribution is 2.42. The molecule has 1 aliphatic carbocycles. The number of benzene rings is 1. The lowest BCUT2D eigenvalue weighted by atomic mass is 10.1. The van der Waals surface area contributed by atoms with Crippen LogP contribution in [0.4, 0.5) is 5.13 Å². The Hall–Kier alpha value is -2.21. The van der Waals surface area contributed by atoms with Crippen molar-refractivity contribution >= 4 is 22.4 Å². The molecule has 1 saturated carbocycles. The number of amides is 1. The van der Waals surface area contributed by atoms with Crippen LogP contribution in [0.5, 0.6) is 5.75 Å². The van der Waals surface area contributed by atoms with Gasteiger partial charge in [0.05, 0.1) is 0 Å². The van der Waals surface area contributed by atoms with E-state index in [9.17, 15) is 4.79 Å². The van der Waals surface area contributed by atoms with Crippen molar-refractivity contribution in [1.29, 1.82) is 0 Å². The van der Waals surface area contributed by atoms with Gasteiger partial charge in [0, 0.05) is 5.92 Å². The molecular formula is C16H17N3O2S. The van der Waals surface area contributed by atoms with Crippen molar-refractivity contribution in [3.05, 3.63) is 47.5 Å². The minimum atomic E-state index is -0.230. The van der Waals surface area contributed by atoms with Gasteiger partial charge < -0.3 is 4.74 Å². The molecule has 0 radical (unpaired) electrons.